The van der Waals surface area contributed by atoms with Gasteiger partial charge in [0.1, 0.15) is 10.7 Å². The second-order valence-corrected chi connectivity index (χ2v) is 6.61. The number of aryl methyl sites for hydroxylation is 3. The van der Waals surface area contributed by atoms with Gasteiger partial charge in [-0.25, -0.2) is 14.2 Å². The maximum Gasteiger partial charge on any atom is 0.330 e. The first-order valence-electron chi connectivity index (χ1n) is 7.59. The summed E-state index contributed by atoms with van der Waals surface area (Å²) in [5, 5.41) is 12.8. The smallest absolute Gasteiger partial charge is 0.330 e. The summed E-state index contributed by atoms with van der Waals surface area (Å²) < 4.78 is 13.4. The second-order valence-electron chi connectivity index (χ2n) is 5.53. The van der Waals surface area contributed by atoms with Gasteiger partial charge in [0, 0.05) is 0 Å². The first-order chi connectivity index (χ1) is 11.3. The molecular formula is C17H19FN2O3S. The quantitative estimate of drug-likeness (QED) is 0.837. The summed E-state index contributed by atoms with van der Waals surface area (Å²) >= 11 is 1.27. The highest BCUT2D eigenvalue weighted by Gasteiger charge is 2.25. The van der Waals surface area contributed by atoms with Gasteiger partial charge in [0.15, 0.2) is 6.04 Å². The molecule has 0 fully saturated rings. The number of nitrogens with zero attached hydrogens (tertiary/aromatic N) is 1. The highest BCUT2D eigenvalue weighted by molar-refractivity contribution is 7.13. The van der Waals surface area contributed by atoms with Crippen LogP contribution in [0.25, 0.3) is 0 Å². The van der Waals surface area contributed by atoms with Crippen LogP contribution in [0.5, 0.6) is 0 Å². The SMILES string of the molecule is CCCc1nc(C)c(C(=O)NC(C(=O)O)c2ccc(F)c(C)c2)s1. The highest BCUT2D eigenvalue weighted by atomic mass is 32.1. The van der Waals surface area contributed by atoms with Crippen molar-refractivity contribution < 1.29 is 19.1 Å². The van der Waals surface area contributed by atoms with E-state index in [4.69, 9.17) is 0 Å². The zero-order valence-electron chi connectivity index (χ0n) is 13.7. The Kier molecular flexibility index (Phi) is 5.66. The molecule has 0 saturated carbocycles. The Labute approximate surface area is 143 Å². The third-order valence-electron chi connectivity index (χ3n) is 3.55. The van der Waals surface area contributed by atoms with Crippen LogP contribution in [0.1, 0.15) is 50.9 Å². The molecule has 2 aromatic rings. The minimum absolute atomic E-state index is 0.325. The zero-order valence-corrected chi connectivity index (χ0v) is 14.5. The van der Waals surface area contributed by atoms with Crippen molar-refractivity contribution in [1.82, 2.24) is 10.3 Å². The molecule has 0 bridgehead atoms. The summed E-state index contributed by atoms with van der Waals surface area (Å²) in [6.07, 6.45) is 1.69. The van der Waals surface area contributed by atoms with Crippen LogP contribution in [0.4, 0.5) is 4.39 Å². The van der Waals surface area contributed by atoms with E-state index in [9.17, 15) is 19.1 Å². The van der Waals surface area contributed by atoms with Crippen LogP contribution in [-0.4, -0.2) is 22.0 Å². The molecule has 1 atom stereocenters. The summed E-state index contributed by atoms with van der Waals surface area (Å²) in [5.41, 5.74) is 1.23. The largest absolute Gasteiger partial charge is 0.479 e. The molecule has 2 rings (SSSR count). The summed E-state index contributed by atoms with van der Waals surface area (Å²) in [6.45, 7) is 5.29. The van der Waals surface area contributed by atoms with Crippen molar-refractivity contribution in [2.24, 2.45) is 0 Å². The number of thiazole rings is 1. The maximum atomic E-state index is 13.4. The van der Waals surface area contributed by atoms with E-state index in [0.717, 1.165) is 17.8 Å². The molecule has 0 aliphatic heterocycles. The summed E-state index contributed by atoms with van der Waals surface area (Å²) in [5.74, 6) is -2.11. The van der Waals surface area contributed by atoms with Crippen molar-refractivity contribution >= 4 is 23.2 Å². The molecule has 0 spiro atoms. The van der Waals surface area contributed by atoms with Crippen LogP contribution >= 0.6 is 11.3 Å². The Morgan fingerprint density at radius 2 is 2.08 bits per heavy atom. The van der Waals surface area contributed by atoms with Gasteiger partial charge >= 0.3 is 5.97 Å². The van der Waals surface area contributed by atoms with Gasteiger partial charge in [0.25, 0.3) is 5.91 Å². The topological polar surface area (TPSA) is 79.3 Å². The lowest BCUT2D eigenvalue weighted by Crippen LogP contribution is -2.33. The number of benzene rings is 1. The second kappa shape index (κ2) is 7.53. The van der Waals surface area contributed by atoms with Crippen molar-refractivity contribution in [3.63, 3.8) is 0 Å². The molecule has 7 heteroatoms. The number of aromatic nitrogens is 1. The molecule has 0 saturated heterocycles. The Morgan fingerprint density at radius 1 is 1.38 bits per heavy atom. The Morgan fingerprint density at radius 3 is 2.67 bits per heavy atom. The molecule has 1 amide bonds. The average molecular weight is 350 g/mol. The fourth-order valence-electron chi connectivity index (χ4n) is 2.32. The first-order valence-corrected chi connectivity index (χ1v) is 8.41. The van der Waals surface area contributed by atoms with E-state index in [-0.39, 0.29) is 0 Å². The van der Waals surface area contributed by atoms with Crippen molar-refractivity contribution in [2.75, 3.05) is 0 Å². The molecule has 0 aliphatic rings. The van der Waals surface area contributed by atoms with Gasteiger partial charge in [-0.3, -0.25) is 4.79 Å². The minimum Gasteiger partial charge on any atom is -0.479 e. The van der Waals surface area contributed by atoms with E-state index >= 15 is 0 Å². The van der Waals surface area contributed by atoms with Crippen molar-refractivity contribution in [3.8, 4) is 0 Å². The van der Waals surface area contributed by atoms with Crippen LogP contribution in [0.15, 0.2) is 18.2 Å². The molecule has 0 radical (unpaired) electrons. The van der Waals surface area contributed by atoms with E-state index in [1.165, 1.54) is 29.5 Å². The Hall–Kier alpha value is -2.28. The number of carboxylic acid groups (broad SMARTS) is 1. The van der Waals surface area contributed by atoms with Crippen molar-refractivity contribution in [3.05, 3.63) is 50.7 Å². The molecule has 2 N–H and O–H groups in total. The third-order valence-corrected chi connectivity index (χ3v) is 4.76. The fraction of sp³-hybridized carbons (Fsp3) is 0.353. The van der Waals surface area contributed by atoms with E-state index in [1.807, 2.05) is 6.92 Å². The highest BCUT2D eigenvalue weighted by Crippen LogP contribution is 2.22. The third kappa shape index (κ3) is 3.97. The number of hydrogen-bond donors (Lipinski definition) is 2. The van der Waals surface area contributed by atoms with Crippen molar-refractivity contribution in [1.29, 1.82) is 0 Å². The molecule has 128 valence electrons. The fourth-order valence-corrected chi connectivity index (χ4v) is 3.38. The lowest BCUT2D eigenvalue weighted by Gasteiger charge is -2.15. The van der Waals surface area contributed by atoms with E-state index in [1.54, 1.807) is 13.8 Å². The number of amides is 1. The zero-order chi connectivity index (χ0) is 17.9. The first kappa shape index (κ1) is 18.1. The average Bonchev–Trinajstić information content (AvgIpc) is 2.88. The molecule has 0 aliphatic carbocycles. The number of aliphatic carboxylic acids is 1. The van der Waals surface area contributed by atoms with Gasteiger partial charge in [-0.1, -0.05) is 19.1 Å². The van der Waals surface area contributed by atoms with Gasteiger partial charge in [0.05, 0.1) is 10.7 Å². The van der Waals surface area contributed by atoms with Gasteiger partial charge in [-0.2, -0.15) is 0 Å². The van der Waals surface area contributed by atoms with E-state index in [2.05, 4.69) is 10.3 Å². The normalized spacial score (nSPS) is 12.0. The van der Waals surface area contributed by atoms with Crippen LogP contribution < -0.4 is 5.32 Å². The number of hydrogen-bond acceptors (Lipinski definition) is 4. The monoisotopic (exact) mass is 350 g/mol. The number of nitrogens with one attached hydrogen (secondary N) is 1. The van der Waals surface area contributed by atoms with Gasteiger partial charge in [0.2, 0.25) is 0 Å². The van der Waals surface area contributed by atoms with Gasteiger partial charge in [-0.15, -0.1) is 11.3 Å². The molecule has 5 nitrogen and oxygen atoms in total. The molecular weight excluding hydrogens is 331 g/mol. The van der Waals surface area contributed by atoms with Crippen LogP contribution in [0.2, 0.25) is 0 Å². The number of carbonyl (C=O) groups is 2. The van der Waals surface area contributed by atoms with Crippen molar-refractivity contribution in [2.45, 2.75) is 39.7 Å². The molecule has 24 heavy (non-hydrogen) atoms. The van der Waals surface area contributed by atoms with E-state index in [0.29, 0.717) is 21.7 Å². The summed E-state index contributed by atoms with van der Waals surface area (Å²) in [7, 11) is 0. The predicted octanol–water partition coefficient (Wildman–Crippen LogP) is 3.41. The van der Waals surface area contributed by atoms with Crippen LogP contribution in [0.3, 0.4) is 0 Å². The lowest BCUT2D eigenvalue weighted by atomic mass is 10.0. The van der Waals surface area contributed by atoms with E-state index < -0.39 is 23.7 Å². The predicted molar refractivity (Wildman–Crippen MR) is 89.8 cm³/mol. The molecule has 1 heterocycles. The summed E-state index contributed by atoms with van der Waals surface area (Å²) in [6, 6.07) is 2.75. The summed E-state index contributed by atoms with van der Waals surface area (Å²) in [4.78, 5) is 28.7. The van der Waals surface area contributed by atoms with Crippen LogP contribution in [-0.2, 0) is 11.2 Å². The standard InChI is InChI=1S/C17H19FN2O3S/c1-4-5-13-19-10(3)15(24-13)16(21)20-14(17(22)23)11-6-7-12(18)9(2)8-11/h6-8,14H,4-5H2,1-3H3,(H,20,21)(H,22,23). The number of carbonyl (C=O) groups excluding carboxylic acids is 1. The number of halogens is 1. The number of carboxylic acids is 1. The van der Waals surface area contributed by atoms with Crippen LogP contribution in [0, 0.1) is 19.7 Å². The number of rotatable bonds is 6. The Bertz CT molecular complexity index is 773. The molecule has 1 aromatic carbocycles. The maximum absolute atomic E-state index is 13.4. The molecule has 1 unspecified atom stereocenters. The molecule has 1 aromatic heterocycles. The Balaban J connectivity index is 2.25. The lowest BCUT2D eigenvalue weighted by molar-refractivity contribution is -0.139. The van der Waals surface area contributed by atoms with Gasteiger partial charge < -0.3 is 10.4 Å². The van der Waals surface area contributed by atoms with Gasteiger partial charge in [-0.05, 0) is 43.9 Å². The minimum atomic E-state index is -1.24.